The van der Waals surface area contributed by atoms with Crippen LogP contribution in [-0.2, 0) is 4.79 Å². The molecule has 0 unspecified atom stereocenters. The maximum atomic E-state index is 11.5. The molecule has 2 aromatic heterocycles. The van der Waals surface area contributed by atoms with Crippen molar-refractivity contribution in [2.24, 2.45) is 0 Å². The lowest BCUT2D eigenvalue weighted by Crippen LogP contribution is -2.26. The van der Waals surface area contributed by atoms with Crippen LogP contribution in [-0.4, -0.2) is 37.8 Å². The Kier molecular flexibility index (Phi) is 4.52. The van der Waals surface area contributed by atoms with Crippen LogP contribution >= 0.6 is 11.8 Å². The van der Waals surface area contributed by atoms with Crippen molar-refractivity contribution in [1.82, 2.24) is 24.9 Å². The van der Waals surface area contributed by atoms with Crippen molar-refractivity contribution in [3.05, 3.63) is 18.5 Å². The summed E-state index contributed by atoms with van der Waals surface area (Å²) in [6.45, 7) is 2.82. The Hall–Kier alpha value is -1.63. The van der Waals surface area contributed by atoms with Gasteiger partial charge in [0.05, 0.1) is 5.75 Å². The average Bonchev–Trinajstić information content (AvgIpc) is 2.79. The summed E-state index contributed by atoms with van der Waals surface area (Å²) in [7, 11) is 0. The minimum absolute atomic E-state index is 0.0141. The van der Waals surface area contributed by atoms with Crippen LogP contribution in [0, 0.1) is 0 Å². The Balaban J connectivity index is 1.84. The zero-order valence-electron chi connectivity index (χ0n) is 10.2. The highest BCUT2D eigenvalue weighted by Gasteiger charge is 2.07. The lowest BCUT2D eigenvalue weighted by Gasteiger charge is -2.01. The van der Waals surface area contributed by atoms with Crippen molar-refractivity contribution in [1.29, 1.82) is 0 Å². The molecule has 0 saturated heterocycles. The first-order valence-electron chi connectivity index (χ1n) is 5.86. The smallest absolute Gasteiger partial charge is 0.253 e. The van der Waals surface area contributed by atoms with Crippen LogP contribution in [0.4, 0.5) is 0 Å². The maximum absolute atomic E-state index is 11.5. The molecule has 0 aliphatic rings. The molecule has 0 saturated carbocycles. The normalized spacial score (nSPS) is 10.7. The molecule has 0 aromatic carbocycles. The number of amides is 1. The predicted molar refractivity (Wildman–Crippen MR) is 69.4 cm³/mol. The summed E-state index contributed by atoms with van der Waals surface area (Å²) in [4.78, 5) is 19.8. The van der Waals surface area contributed by atoms with Crippen LogP contribution in [0.3, 0.4) is 0 Å². The van der Waals surface area contributed by atoms with E-state index in [4.69, 9.17) is 0 Å². The number of nitrogens with one attached hydrogen (secondary N) is 1. The number of hydrogen-bond donors (Lipinski definition) is 1. The van der Waals surface area contributed by atoms with E-state index in [1.54, 1.807) is 23.0 Å². The van der Waals surface area contributed by atoms with E-state index in [0.29, 0.717) is 16.7 Å². The fraction of sp³-hybridized carbons (Fsp3) is 0.455. The maximum Gasteiger partial charge on any atom is 0.253 e. The molecule has 2 aromatic rings. The number of unbranched alkanes of at least 4 members (excludes halogenated alkanes) is 1. The van der Waals surface area contributed by atoms with E-state index >= 15 is 0 Å². The second kappa shape index (κ2) is 6.34. The highest BCUT2D eigenvalue weighted by atomic mass is 32.2. The SMILES string of the molecule is CCCCNC(=O)CSc1nc2ncccn2n1. The molecule has 7 heteroatoms. The van der Waals surface area contributed by atoms with Crippen molar-refractivity contribution >= 4 is 23.4 Å². The third-order valence-electron chi connectivity index (χ3n) is 2.28. The molecular formula is C11H15N5OS. The number of nitrogens with zero attached hydrogens (tertiary/aromatic N) is 4. The molecule has 1 amide bonds. The van der Waals surface area contributed by atoms with Gasteiger partial charge in [0.1, 0.15) is 0 Å². The Bertz CT molecular complexity index is 494. The van der Waals surface area contributed by atoms with Crippen molar-refractivity contribution < 1.29 is 4.79 Å². The summed E-state index contributed by atoms with van der Waals surface area (Å²) < 4.78 is 1.59. The third-order valence-corrected chi connectivity index (χ3v) is 3.12. The molecule has 0 bridgehead atoms. The van der Waals surface area contributed by atoms with Gasteiger partial charge < -0.3 is 5.32 Å². The Morgan fingerprint density at radius 1 is 1.56 bits per heavy atom. The number of hydrogen-bond acceptors (Lipinski definition) is 5. The second-order valence-corrected chi connectivity index (χ2v) is 4.69. The molecule has 0 atom stereocenters. The molecule has 18 heavy (non-hydrogen) atoms. The monoisotopic (exact) mass is 265 g/mol. The summed E-state index contributed by atoms with van der Waals surface area (Å²) in [6, 6.07) is 1.79. The molecule has 0 radical (unpaired) electrons. The van der Waals surface area contributed by atoms with E-state index in [2.05, 4.69) is 27.3 Å². The van der Waals surface area contributed by atoms with Crippen molar-refractivity contribution in [2.45, 2.75) is 24.9 Å². The van der Waals surface area contributed by atoms with E-state index in [9.17, 15) is 4.79 Å². The van der Waals surface area contributed by atoms with Gasteiger partial charge >= 0.3 is 0 Å². The number of rotatable bonds is 6. The van der Waals surface area contributed by atoms with E-state index in [1.807, 2.05) is 0 Å². The third kappa shape index (κ3) is 3.43. The van der Waals surface area contributed by atoms with E-state index in [0.717, 1.165) is 19.4 Å². The van der Waals surface area contributed by atoms with Crippen LogP contribution in [0.2, 0.25) is 0 Å². The Labute approximate surface area is 109 Å². The molecular weight excluding hydrogens is 250 g/mol. The number of fused-ring (bicyclic) bond motifs is 1. The molecule has 0 aliphatic heterocycles. The van der Waals surface area contributed by atoms with E-state index < -0.39 is 0 Å². The van der Waals surface area contributed by atoms with Gasteiger partial charge in [-0.2, -0.15) is 4.98 Å². The first kappa shape index (κ1) is 12.8. The van der Waals surface area contributed by atoms with Gasteiger partial charge in [-0.15, -0.1) is 5.10 Å². The quantitative estimate of drug-likeness (QED) is 0.626. The van der Waals surface area contributed by atoms with Crippen LogP contribution < -0.4 is 5.32 Å². The van der Waals surface area contributed by atoms with Gasteiger partial charge in [0.2, 0.25) is 11.1 Å². The summed E-state index contributed by atoms with van der Waals surface area (Å²) in [5, 5.41) is 7.63. The average molecular weight is 265 g/mol. The van der Waals surface area contributed by atoms with Gasteiger partial charge in [-0.05, 0) is 12.5 Å². The van der Waals surface area contributed by atoms with Gasteiger partial charge in [-0.3, -0.25) is 4.79 Å². The summed E-state index contributed by atoms with van der Waals surface area (Å²) in [6.07, 6.45) is 5.52. The van der Waals surface area contributed by atoms with E-state index in [1.165, 1.54) is 11.8 Å². The van der Waals surface area contributed by atoms with Crippen LogP contribution in [0.15, 0.2) is 23.6 Å². The van der Waals surface area contributed by atoms with E-state index in [-0.39, 0.29) is 5.91 Å². The zero-order valence-corrected chi connectivity index (χ0v) is 11.0. The molecule has 0 aliphatic carbocycles. The topological polar surface area (TPSA) is 72.2 Å². The molecule has 2 rings (SSSR count). The highest BCUT2D eigenvalue weighted by Crippen LogP contribution is 2.12. The number of carbonyl (C=O) groups is 1. The molecule has 96 valence electrons. The van der Waals surface area contributed by atoms with Gasteiger partial charge in [0.15, 0.2) is 0 Å². The first-order valence-corrected chi connectivity index (χ1v) is 6.85. The standard InChI is InChI=1S/C11H15N5OS/c1-2-3-5-12-9(17)8-18-11-14-10-13-6-4-7-16(10)15-11/h4,6-7H,2-3,5,8H2,1H3,(H,12,17). The van der Waals surface area contributed by atoms with Crippen LogP contribution in [0.5, 0.6) is 0 Å². The number of carbonyl (C=O) groups excluding carboxylic acids is 1. The molecule has 2 heterocycles. The largest absolute Gasteiger partial charge is 0.355 e. The summed E-state index contributed by atoms with van der Waals surface area (Å²) >= 11 is 1.32. The second-order valence-electron chi connectivity index (χ2n) is 3.75. The fourth-order valence-corrected chi connectivity index (χ4v) is 2.01. The van der Waals surface area contributed by atoms with Crippen molar-refractivity contribution in [3.8, 4) is 0 Å². The van der Waals surface area contributed by atoms with Crippen LogP contribution in [0.1, 0.15) is 19.8 Å². The van der Waals surface area contributed by atoms with Crippen LogP contribution in [0.25, 0.3) is 5.78 Å². The van der Waals surface area contributed by atoms with Gasteiger partial charge in [-0.25, -0.2) is 9.50 Å². The first-order chi connectivity index (χ1) is 8.79. The lowest BCUT2D eigenvalue weighted by molar-refractivity contribution is -0.118. The zero-order chi connectivity index (χ0) is 12.8. The highest BCUT2D eigenvalue weighted by molar-refractivity contribution is 7.99. The Morgan fingerprint density at radius 3 is 3.22 bits per heavy atom. The Morgan fingerprint density at radius 2 is 2.44 bits per heavy atom. The number of thioether (sulfide) groups is 1. The molecule has 1 N–H and O–H groups in total. The van der Waals surface area contributed by atoms with Crippen molar-refractivity contribution in [3.63, 3.8) is 0 Å². The summed E-state index contributed by atoms with van der Waals surface area (Å²) in [5.74, 6) is 0.896. The predicted octanol–water partition coefficient (Wildman–Crippen LogP) is 1.13. The lowest BCUT2D eigenvalue weighted by atomic mass is 10.3. The fourth-order valence-electron chi connectivity index (χ4n) is 1.36. The minimum atomic E-state index is 0.0141. The number of aromatic nitrogens is 4. The molecule has 0 spiro atoms. The van der Waals surface area contributed by atoms with Gasteiger partial charge in [0.25, 0.3) is 5.78 Å². The minimum Gasteiger partial charge on any atom is -0.355 e. The molecule has 6 nitrogen and oxygen atoms in total. The van der Waals surface area contributed by atoms with Gasteiger partial charge in [0, 0.05) is 18.9 Å². The molecule has 0 fully saturated rings. The van der Waals surface area contributed by atoms with Crippen molar-refractivity contribution in [2.75, 3.05) is 12.3 Å². The van der Waals surface area contributed by atoms with Gasteiger partial charge in [-0.1, -0.05) is 25.1 Å². The summed E-state index contributed by atoms with van der Waals surface area (Å²) in [5.41, 5.74) is 0.